The molecule has 4 heteroatoms. The van der Waals surface area contributed by atoms with Gasteiger partial charge in [0.05, 0.1) is 12.1 Å². The Morgan fingerprint density at radius 1 is 0.656 bits per heavy atom. The van der Waals surface area contributed by atoms with Crippen molar-refractivity contribution in [2.24, 2.45) is 21.8 Å². The van der Waals surface area contributed by atoms with Crippen LogP contribution in [0.1, 0.15) is 51.7 Å². The van der Waals surface area contributed by atoms with Crippen LogP contribution in [-0.2, 0) is 0 Å². The fraction of sp³-hybridized carbons (Fsp3) is 0.500. The van der Waals surface area contributed by atoms with Gasteiger partial charge in [0, 0.05) is 24.5 Å². The van der Waals surface area contributed by atoms with E-state index in [-0.39, 0.29) is 0 Å². The Kier molecular flexibility index (Phi) is 6.68. The number of aliphatic imine (C=N–C) groups is 2. The van der Waals surface area contributed by atoms with Gasteiger partial charge in [0.25, 0.3) is 0 Å². The summed E-state index contributed by atoms with van der Waals surface area (Å²) >= 11 is 0. The van der Waals surface area contributed by atoms with Gasteiger partial charge in [-0.05, 0) is 62.8 Å². The van der Waals surface area contributed by atoms with Crippen LogP contribution in [0.25, 0.3) is 0 Å². The zero-order valence-electron chi connectivity index (χ0n) is 20.5. The Labute approximate surface area is 194 Å². The highest BCUT2D eigenvalue weighted by molar-refractivity contribution is 6.50. The maximum absolute atomic E-state index is 5.27. The third-order valence-corrected chi connectivity index (χ3v) is 6.29. The van der Waals surface area contributed by atoms with Crippen LogP contribution in [0.15, 0.2) is 58.5 Å². The number of hydrogen-bond acceptors (Lipinski definition) is 4. The van der Waals surface area contributed by atoms with Crippen molar-refractivity contribution in [3.8, 4) is 0 Å². The molecular formula is C28H38N4. The van der Waals surface area contributed by atoms with Crippen LogP contribution in [0.2, 0.25) is 0 Å². The van der Waals surface area contributed by atoms with Gasteiger partial charge in [-0.15, -0.1) is 0 Å². The molecule has 0 saturated carbocycles. The molecule has 4 nitrogen and oxygen atoms in total. The average Bonchev–Trinajstić information content (AvgIpc) is 3.32. The minimum Gasteiger partial charge on any atom is -0.321 e. The predicted octanol–water partition coefficient (Wildman–Crippen LogP) is 6.27. The topological polar surface area (TPSA) is 31.2 Å². The summed E-state index contributed by atoms with van der Waals surface area (Å²) in [6, 6.07) is 18.3. The average molecular weight is 431 g/mol. The highest BCUT2D eigenvalue weighted by atomic mass is 15.4. The van der Waals surface area contributed by atoms with Crippen molar-refractivity contribution in [1.29, 1.82) is 0 Å². The smallest absolute Gasteiger partial charge is 0.172 e. The normalized spacial score (nSPS) is 21.0. The molecule has 0 fully saturated rings. The van der Waals surface area contributed by atoms with E-state index in [4.69, 9.17) is 9.98 Å². The van der Waals surface area contributed by atoms with Crippen molar-refractivity contribution in [2.75, 3.05) is 22.9 Å². The Morgan fingerprint density at radius 2 is 1.00 bits per heavy atom. The molecule has 170 valence electrons. The van der Waals surface area contributed by atoms with E-state index in [1.165, 1.54) is 22.5 Å². The summed E-state index contributed by atoms with van der Waals surface area (Å²) in [6.45, 7) is 15.3. The number of aryl methyl sites for hydroxylation is 2. The molecule has 0 unspecified atom stereocenters. The molecule has 2 heterocycles. The van der Waals surface area contributed by atoms with Crippen molar-refractivity contribution in [2.45, 2.75) is 66.5 Å². The predicted molar refractivity (Wildman–Crippen MR) is 138 cm³/mol. The minimum atomic E-state index is 0.304. The maximum atomic E-state index is 5.27. The first-order chi connectivity index (χ1) is 15.3. The first-order valence-corrected chi connectivity index (χ1v) is 12.1. The van der Waals surface area contributed by atoms with E-state index < -0.39 is 0 Å². The maximum Gasteiger partial charge on any atom is 0.172 e. The van der Waals surface area contributed by atoms with Gasteiger partial charge in [-0.25, -0.2) is 0 Å². The summed E-state index contributed by atoms with van der Waals surface area (Å²) in [7, 11) is 0. The first-order valence-electron chi connectivity index (χ1n) is 12.1. The molecule has 0 bridgehead atoms. The molecule has 0 aromatic heterocycles. The van der Waals surface area contributed by atoms with Crippen LogP contribution in [0.4, 0.5) is 11.4 Å². The quantitative estimate of drug-likeness (QED) is 0.518. The lowest BCUT2D eigenvalue weighted by Gasteiger charge is -2.27. The van der Waals surface area contributed by atoms with Crippen molar-refractivity contribution in [1.82, 2.24) is 0 Å². The number of benzene rings is 2. The lowest BCUT2D eigenvalue weighted by Crippen LogP contribution is -2.42. The molecule has 0 N–H and O–H groups in total. The van der Waals surface area contributed by atoms with E-state index in [2.05, 4.69) is 99.9 Å². The van der Waals surface area contributed by atoms with Crippen molar-refractivity contribution < 1.29 is 0 Å². The third kappa shape index (κ3) is 5.06. The molecular weight excluding hydrogens is 392 g/mol. The Hall–Kier alpha value is -2.62. The number of anilines is 2. The lowest BCUT2D eigenvalue weighted by molar-refractivity contribution is 0.514. The standard InChI is InChI=1S/C28H38N4/c1-19(2)15-23-17-31(25-11-7-21(5)8-12-25)27(29-23)28-30-24(16-20(3)4)18-32(28)26-13-9-22(6)10-14-26/h7-14,19-20,23-24H,15-18H2,1-6H3/t23-,24-/m0/s1. The Balaban J connectivity index is 1.73. The molecule has 2 aliphatic heterocycles. The Morgan fingerprint density at radius 3 is 1.31 bits per heavy atom. The summed E-state index contributed by atoms with van der Waals surface area (Å²) in [6.07, 6.45) is 2.19. The lowest BCUT2D eigenvalue weighted by atomic mass is 10.0. The molecule has 0 aliphatic carbocycles. The van der Waals surface area contributed by atoms with Crippen LogP contribution in [0.5, 0.6) is 0 Å². The van der Waals surface area contributed by atoms with Crippen LogP contribution < -0.4 is 9.80 Å². The number of nitrogens with zero attached hydrogens (tertiary/aromatic N) is 4. The molecule has 2 aromatic carbocycles. The number of amidine groups is 2. The number of rotatable bonds is 7. The highest BCUT2D eigenvalue weighted by Crippen LogP contribution is 2.30. The van der Waals surface area contributed by atoms with Gasteiger partial charge in [-0.1, -0.05) is 63.1 Å². The second-order valence-electron chi connectivity index (χ2n) is 10.4. The molecule has 4 rings (SSSR count). The summed E-state index contributed by atoms with van der Waals surface area (Å²) in [5.74, 6) is 3.31. The fourth-order valence-corrected chi connectivity index (χ4v) is 4.77. The highest BCUT2D eigenvalue weighted by Gasteiger charge is 2.37. The van der Waals surface area contributed by atoms with Crippen LogP contribution in [-0.4, -0.2) is 36.8 Å². The summed E-state index contributed by atoms with van der Waals surface area (Å²) in [5, 5.41) is 0. The summed E-state index contributed by atoms with van der Waals surface area (Å²) in [4.78, 5) is 15.3. The molecule has 32 heavy (non-hydrogen) atoms. The van der Waals surface area contributed by atoms with Gasteiger partial charge in [0.2, 0.25) is 0 Å². The van der Waals surface area contributed by atoms with Gasteiger partial charge in [-0.2, -0.15) is 0 Å². The van der Waals surface area contributed by atoms with Gasteiger partial charge in [0.15, 0.2) is 11.7 Å². The van der Waals surface area contributed by atoms with Gasteiger partial charge in [0.1, 0.15) is 0 Å². The van der Waals surface area contributed by atoms with Crippen molar-refractivity contribution in [3.63, 3.8) is 0 Å². The van der Waals surface area contributed by atoms with E-state index in [1.807, 2.05) is 0 Å². The first kappa shape index (κ1) is 22.6. The van der Waals surface area contributed by atoms with Gasteiger partial charge >= 0.3 is 0 Å². The largest absolute Gasteiger partial charge is 0.321 e. The molecule has 2 aromatic rings. The molecule has 0 radical (unpaired) electrons. The third-order valence-electron chi connectivity index (χ3n) is 6.29. The SMILES string of the molecule is Cc1ccc(N2C[C@H](CC(C)C)N=C2C2=N[C@@H](CC(C)C)CN2c2ccc(C)cc2)cc1. The van der Waals surface area contributed by atoms with Crippen molar-refractivity contribution >= 4 is 23.0 Å². The van der Waals surface area contributed by atoms with E-state index in [0.29, 0.717) is 23.9 Å². The van der Waals surface area contributed by atoms with Gasteiger partial charge < -0.3 is 9.80 Å². The second kappa shape index (κ2) is 9.48. The zero-order chi connectivity index (χ0) is 22.8. The van der Waals surface area contributed by atoms with Crippen molar-refractivity contribution in [3.05, 3.63) is 59.7 Å². The molecule has 2 aliphatic rings. The fourth-order valence-electron chi connectivity index (χ4n) is 4.77. The van der Waals surface area contributed by atoms with Gasteiger partial charge in [-0.3, -0.25) is 9.98 Å². The Bertz CT molecular complexity index is 888. The molecule has 0 saturated heterocycles. The molecule has 2 atom stereocenters. The number of hydrogen-bond donors (Lipinski definition) is 0. The van der Waals surface area contributed by atoms with Crippen LogP contribution in [0.3, 0.4) is 0 Å². The van der Waals surface area contributed by atoms with Crippen LogP contribution in [0, 0.1) is 25.7 Å². The van der Waals surface area contributed by atoms with Crippen LogP contribution >= 0.6 is 0 Å². The summed E-state index contributed by atoms with van der Waals surface area (Å²) in [5.41, 5.74) is 4.97. The van der Waals surface area contributed by atoms with E-state index >= 15 is 0 Å². The summed E-state index contributed by atoms with van der Waals surface area (Å²) < 4.78 is 0. The van der Waals surface area contributed by atoms with E-state index in [1.54, 1.807) is 0 Å². The minimum absolute atomic E-state index is 0.304. The zero-order valence-corrected chi connectivity index (χ0v) is 20.5. The monoisotopic (exact) mass is 430 g/mol. The molecule has 0 spiro atoms. The molecule has 0 amide bonds. The van der Waals surface area contributed by atoms with E-state index in [9.17, 15) is 0 Å². The second-order valence-corrected chi connectivity index (χ2v) is 10.4. The van der Waals surface area contributed by atoms with E-state index in [0.717, 1.165) is 37.6 Å².